The first-order valence-corrected chi connectivity index (χ1v) is 11.9. The lowest BCUT2D eigenvalue weighted by Gasteiger charge is -2.29. The van der Waals surface area contributed by atoms with Crippen LogP contribution in [0.4, 0.5) is 0 Å². The van der Waals surface area contributed by atoms with Crippen molar-refractivity contribution in [3.05, 3.63) is 0 Å². The van der Waals surface area contributed by atoms with Crippen molar-refractivity contribution in [1.82, 2.24) is 0 Å². The van der Waals surface area contributed by atoms with E-state index in [1.54, 1.807) is 0 Å². The molecule has 0 N–H and O–H groups in total. The molecule has 0 aromatic carbocycles. The van der Waals surface area contributed by atoms with E-state index in [9.17, 15) is 0 Å². The molecule has 0 saturated heterocycles. The van der Waals surface area contributed by atoms with Crippen LogP contribution in [-0.2, 0) is 4.74 Å². The summed E-state index contributed by atoms with van der Waals surface area (Å²) in [5.74, 6) is 3.06. The summed E-state index contributed by atoms with van der Waals surface area (Å²) in [5.41, 5.74) is 0. The molecule has 0 radical (unpaired) electrons. The van der Waals surface area contributed by atoms with Crippen molar-refractivity contribution in [2.75, 3.05) is 6.61 Å². The molecular formula is C24H46O. The van der Waals surface area contributed by atoms with E-state index in [4.69, 9.17) is 4.74 Å². The summed E-state index contributed by atoms with van der Waals surface area (Å²) in [7, 11) is 0. The van der Waals surface area contributed by atoms with E-state index in [2.05, 4.69) is 13.8 Å². The number of hydrogen-bond acceptors (Lipinski definition) is 1. The fourth-order valence-corrected chi connectivity index (χ4v) is 5.17. The van der Waals surface area contributed by atoms with E-state index < -0.39 is 0 Å². The molecule has 1 heteroatoms. The van der Waals surface area contributed by atoms with Gasteiger partial charge in [-0.2, -0.15) is 0 Å². The molecule has 2 aliphatic carbocycles. The van der Waals surface area contributed by atoms with Crippen LogP contribution < -0.4 is 0 Å². The number of rotatable bonds is 12. The smallest absolute Gasteiger partial charge is 0.0575 e. The Morgan fingerprint density at radius 3 is 1.80 bits per heavy atom. The Labute approximate surface area is 158 Å². The van der Waals surface area contributed by atoms with Crippen LogP contribution in [0, 0.1) is 17.8 Å². The summed E-state index contributed by atoms with van der Waals surface area (Å²) in [5, 5.41) is 0. The first kappa shape index (κ1) is 21.3. The predicted molar refractivity (Wildman–Crippen MR) is 110 cm³/mol. The minimum Gasteiger partial charge on any atom is -0.378 e. The van der Waals surface area contributed by atoms with Gasteiger partial charge in [0.25, 0.3) is 0 Å². The quantitative estimate of drug-likeness (QED) is 0.325. The summed E-state index contributed by atoms with van der Waals surface area (Å²) >= 11 is 0. The zero-order valence-electron chi connectivity index (χ0n) is 17.4. The van der Waals surface area contributed by atoms with E-state index in [1.165, 1.54) is 109 Å². The Hall–Kier alpha value is -0.0400. The average molecular weight is 351 g/mol. The molecular weight excluding hydrogens is 304 g/mol. The van der Waals surface area contributed by atoms with Gasteiger partial charge in [0, 0.05) is 6.61 Å². The van der Waals surface area contributed by atoms with E-state index in [1.807, 2.05) is 0 Å². The average Bonchev–Trinajstić information content (AvgIpc) is 2.66. The Kier molecular flexibility index (Phi) is 11.2. The lowest BCUT2D eigenvalue weighted by Crippen LogP contribution is -2.22. The van der Waals surface area contributed by atoms with Crippen LogP contribution in [0.5, 0.6) is 0 Å². The summed E-state index contributed by atoms with van der Waals surface area (Å²) in [6.07, 6.45) is 24.9. The molecule has 2 fully saturated rings. The highest BCUT2D eigenvalue weighted by Crippen LogP contribution is 2.33. The third-order valence-corrected chi connectivity index (χ3v) is 7.16. The minimum atomic E-state index is 0.590. The number of unbranched alkanes of at least 4 members (excludes halogenated alkanes) is 4. The van der Waals surface area contributed by atoms with E-state index in [0.29, 0.717) is 6.10 Å². The molecule has 0 bridgehead atoms. The lowest BCUT2D eigenvalue weighted by atomic mass is 9.79. The molecule has 0 heterocycles. The third-order valence-electron chi connectivity index (χ3n) is 7.16. The summed E-state index contributed by atoms with van der Waals surface area (Å²) < 4.78 is 6.22. The van der Waals surface area contributed by atoms with Crippen molar-refractivity contribution in [2.45, 2.75) is 129 Å². The van der Waals surface area contributed by atoms with Crippen molar-refractivity contribution in [2.24, 2.45) is 17.8 Å². The highest BCUT2D eigenvalue weighted by atomic mass is 16.5. The maximum absolute atomic E-state index is 6.22. The van der Waals surface area contributed by atoms with Gasteiger partial charge in [-0.25, -0.2) is 0 Å². The standard InChI is InChI=1S/C24H46O/c1-3-5-6-7-8-10-22-16-18-24(19-17-22)25-20-9-11-23-14-12-21(4-2)13-15-23/h21-24H,3-20H2,1-2H3. The van der Waals surface area contributed by atoms with Crippen molar-refractivity contribution in [3.8, 4) is 0 Å². The molecule has 0 aromatic heterocycles. The van der Waals surface area contributed by atoms with Crippen LogP contribution in [-0.4, -0.2) is 12.7 Å². The van der Waals surface area contributed by atoms with E-state index in [-0.39, 0.29) is 0 Å². The highest BCUT2D eigenvalue weighted by Gasteiger charge is 2.22. The third kappa shape index (κ3) is 8.94. The van der Waals surface area contributed by atoms with Gasteiger partial charge >= 0.3 is 0 Å². The zero-order chi connectivity index (χ0) is 17.7. The molecule has 0 aliphatic heterocycles. The lowest BCUT2D eigenvalue weighted by molar-refractivity contribution is 0.0132. The monoisotopic (exact) mass is 350 g/mol. The zero-order valence-corrected chi connectivity index (χ0v) is 17.4. The molecule has 0 spiro atoms. The van der Waals surface area contributed by atoms with Gasteiger partial charge in [0.2, 0.25) is 0 Å². The highest BCUT2D eigenvalue weighted by molar-refractivity contribution is 4.74. The maximum Gasteiger partial charge on any atom is 0.0575 e. The molecule has 148 valence electrons. The van der Waals surface area contributed by atoms with Gasteiger partial charge in [0.15, 0.2) is 0 Å². The van der Waals surface area contributed by atoms with Crippen molar-refractivity contribution in [1.29, 1.82) is 0 Å². The maximum atomic E-state index is 6.22. The largest absolute Gasteiger partial charge is 0.378 e. The van der Waals surface area contributed by atoms with Gasteiger partial charge in [-0.3, -0.25) is 0 Å². The normalized spacial score (nSPS) is 30.5. The SMILES string of the molecule is CCCCCCCC1CCC(OCCCC2CCC(CC)CC2)CC1. The first-order valence-electron chi connectivity index (χ1n) is 11.9. The van der Waals surface area contributed by atoms with Crippen molar-refractivity contribution >= 4 is 0 Å². The van der Waals surface area contributed by atoms with Gasteiger partial charge in [-0.1, -0.05) is 84.5 Å². The molecule has 25 heavy (non-hydrogen) atoms. The van der Waals surface area contributed by atoms with E-state index >= 15 is 0 Å². The number of ether oxygens (including phenoxy) is 1. The van der Waals surface area contributed by atoms with Gasteiger partial charge in [-0.15, -0.1) is 0 Å². The van der Waals surface area contributed by atoms with Gasteiger partial charge < -0.3 is 4.74 Å². The minimum absolute atomic E-state index is 0.590. The van der Waals surface area contributed by atoms with Gasteiger partial charge in [0.1, 0.15) is 0 Å². The Bertz CT molecular complexity index is 297. The summed E-state index contributed by atoms with van der Waals surface area (Å²) in [6.45, 7) is 5.69. The molecule has 0 atom stereocenters. The van der Waals surface area contributed by atoms with Crippen LogP contribution in [0.3, 0.4) is 0 Å². The van der Waals surface area contributed by atoms with Crippen molar-refractivity contribution in [3.63, 3.8) is 0 Å². The molecule has 2 aliphatic rings. The second-order valence-corrected chi connectivity index (χ2v) is 9.15. The van der Waals surface area contributed by atoms with Crippen LogP contribution in [0.1, 0.15) is 123 Å². The Morgan fingerprint density at radius 2 is 1.16 bits per heavy atom. The second kappa shape index (κ2) is 13.2. The Morgan fingerprint density at radius 1 is 0.600 bits per heavy atom. The van der Waals surface area contributed by atoms with Crippen LogP contribution >= 0.6 is 0 Å². The fraction of sp³-hybridized carbons (Fsp3) is 1.00. The van der Waals surface area contributed by atoms with Crippen LogP contribution in [0.25, 0.3) is 0 Å². The summed E-state index contributed by atoms with van der Waals surface area (Å²) in [6, 6.07) is 0. The first-order chi connectivity index (χ1) is 12.3. The van der Waals surface area contributed by atoms with Gasteiger partial charge in [0.05, 0.1) is 6.10 Å². The van der Waals surface area contributed by atoms with Gasteiger partial charge in [-0.05, 0) is 56.3 Å². The Balaban J connectivity index is 1.42. The molecule has 0 aromatic rings. The van der Waals surface area contributed by atoms with E-state index in [0.717, 1.165) is 24.4 Å². The topological polar surface area (TPSA) is 9.23 Å². The fourth-order valence-electron chi connectivity index (χ4n) is 5.17. The number of hydrogen-bond donors (Lipinski definition) is 0. The molecule has 0 unspecified atom stereocenters. The molecule has 2 saturated carbocycles. The summed E-state index contributed by atoms with van der Waals surface area (Å²) in [4.78, 5) is 0. The second-order valence-electron chi connectivity index (χ2n) is 9.15. The van der Waals surface area contributed by atoms with Crippen LogP contribution in [0.2, 0.25) is 0 Å². The molecule has 1 nitrogen and oxygen atoms in total. The molecule has 0 amide bonds. The molecule has 2 rings (SSSR count). The van der Waals surface area contributed by atoms with Crippen molar-refractivity contribution < 1.29 is 4.74 Å². The van der Waals surface area contributed by atoms with Crippen LogP contribution in [0.15, 0.2) is 0 Å². The predicted octanol–water partition coefficient (Wildman–Crippen LogP) is 7.92.